The quantitative estimate of drug-likeness (QED) is 0.719. The van der Waals surface area contributed by atoms with Gasteiger partial charge in [0.2, 0.25) is 5.91 Å². The second-order valence-corrected chi connectivity index (χ2v) is 5.52. The zero-order valence-electron chi connectivity index (χ0n) is 9.47. The highest BCUT2D eigenvalue weighted by Crippen LogP contribution is 2.34. The van der Waals surface area contributed by atoms with Gasteiger partial charge in [-0.1, -0.05) is 0 Å². The predicted molar refractivity (Wildman–Crippen MR) is 61.1 cm³/mol. The fourth-order valence-corrected chi connectivity index (χ4v) is 2.75. The van der Waals surface area contributed by atoms with Crippen LogP contribution in [0.15, 0.2) is 23.1 Å². The summed E-state index contributed by atoms with van der Waals surface area (Å²) >= 11 is 0. The minimum atomic E-state index is -4.68. The Bertz CT molecular complexity index is 582. The lowest BCUT2D eigenvalue weighted by atomic mass is 10.1. The van der Waals surface area contributed by atoms with Gasteiger partial charge >= 0.3 is 10.2 Å². The Balaban J connectivity index is 2.52. The number of carbonyl (C=O) groups excluding carboxylic acids is 1. The molecule has 1 atom stereocenters. The maximum atomic E-state index is 12.8. The number of rotatable bonds is 1. The van der Waals surface area contributed by atoms with E-state index < -0.39 is 10.2 Å². The Morgan fingerprint density at radius 3 is 2.65 bits per heavy atom. The summed E-state index contributed by atoms with van der Waals surface area (Å²) in [6.45, 7) is 3.32. The van der Waals surface area contributed by atoms with Gasteiger partial charge in [-0.3, -0.25) is 4.79 Å². The molecule has 0 fully saturated rings. The molecular weight excluding hydrogens is 245 g/mol. The van der Waals surface area contributed by atoms with Crippen molar-refractivity contribution in [2.24, 2.45) is 0 Å². The smallest absolute Gasteiger partial charge is 0.309 e. The summed E-state index contributed by atoms with van der Waals surface area (Å²) in [5.74, 6) is -0.105. The molecule has 1 aromatic rings. The van der Waals surface area contributed by atoms with E-state index in [9.17, 15) is 17.1 Å². The highest BCUT2D eigenvalue weighted by atomic mass is 32.3. The average molecular weight is 257 g/mol. The predicted octanol–water partition coefficient (Wildman–Crippen LogP) is 1.64. The topological polar surface area (TPSA) is 54.5 Å². The molecule has 6 heteroatoms. The molecule has 0 aliphatic carbocycles. The first-order valence-electron chi connectivity index (χ1n) is 5.18. The van der Waals surface area contributed by atoms with Crippen LogP contribution in [0.5, 0.6) is 0 Å². The van der Waals surface area contributed by atoms with E-state index >= 15 is 0 Å². The Morgan fingerprint density at radius 2 is 2.12 bits per heavy atom. The van der Waals surface area contributed by atoms with E-state index in [-0.39, 0.29) is 16.8 Å². The summed E-state index contributed by atoms with van der Waals surface area (Å²) in [6.07, 6.45) is 0.540. The normalized spacial score (nSPS) is 19.2. The standard InChI is InChI=1S/C11H12FNO3S/c1-7-5-9-6-10(17(12,15)16)3-4-11(9)13(7)8(2)14/h3-4,6-7H,5H2,1-2H3. The van der Waals surface area contributed by atoms with Crippen molar-refractivity contribution < 1.29 is 17.1 Å². The second-order valence-electron chi connectivity index (χ2n) is 4.17. The lowest BCUT2D eigenvalue weighted by molar-refractivity contribution is -0.116. The zero-order valence-corrected chi connectivity index (χ0v) is 10.3. The fourth-order valence-electron chi connectivity index (χ4n) is 2.24. The van der Waals surface area contributed by atoms with Crippen molar-refractivity contribution in [3.8, 4) is 0 Å². The third-order valence-electron chi connectivity index (χ3n) is 2.89. The molecule has 1 unspecified atom stereocenters. The molecule has 0 aromatic heterocycles. The Hall–Kier alpha value is -1.43. The molecule has 1 aliphatic rings. The minimum Gasteiger partial charge on any atom is -0.309 e. The number of carbonyl (C=O) groups is 1. The Morgan fingerprint density at radius 1 is 1.47 bits per heavy atom. The molecule has 2 rings (SSSR count). The maximum absolute atomic E-state index is 12.8. The largest absolute Gasteiger partial charge is 0.332 e. The number of nitrogens with zero attached hydrogens (tertiary/aromatic N) is 1. The molecule has 0 N–H and O–H groups in total. The van der Waals surface area contributed by atoms with Crippen molar-refractivity contribution in [2.45, 2.75) is 31.2 Å². The molecule has 1 heterocycles. The van der Waals surface area contributed by atoms with Crippen LogP contribution in [0.2, 0.25) is 0 Å². The van der Waals surface area contributed by atoms with Crippen LogP contribution in [-0.2, 0) is 21.4 Å². The van der Waals surface area contributed by atoms with Crippen molar-refractivity contribution in [2.75, 3.05) is 4.90 Å². The van der Waals surface area contributed by atoms with Crippen molar-refractivity contribution >= 4 is 21.8 Å². The first-order chi connectivity index (χ1) is 7.80. The monoisotopic (exact) mass is 257 g/mol. The molecule has 0 bridgehead atoms. The van der Waals surface area contributed by atoms with Gasteiger partial charge in [0.25, 0.3) is 0 Å². The van der Waals surface area contributed by atoms with Crippen molar-refractivity contribution in [3.05, 3.63) is 23.8 Å². The van der Waals surface area contributed by atoms with Crippen LogP contribution in [0.1, 0.15) is 19.4 Å². The SMILES string of the molecule is CC(=O)N1c2ccc(S(=O)(=O)F)cc2CC1C. The molecule has 17 heavy (non-hydrogen) atoms. The van der Waals surface area contributed by atoms with E-state index in [1.54, 1.807) is 4.90 Å². The molecule has 0 saturated carbocycles. The summed E-state index contributed by atoms with van der Waals surface area (Å²) in [7, 11) is -4.68. The second kappa shape index (κ2) is 3.80. The number of fused-ring (bicyclic) bond motifs is 1. The van der Waals surface area contributed by atoms with Crippen LogP contribution in [0, 0.1) is 0 Å². The minimum absolute atomic E-state index is 0.0277. The highest BCUT2D eigenvalue weighted by molar-refractivity contribution is 7.86. The molecule has 92 valence electrons. The summed E-state index contributed by atoms with van der Waals surface area (Å²) in [5.41, 5.74) is 1.35. The van der Waals surface area contributed by atoms with Gasteiger partial charge < -0.3 is 4.90 Å². The number of hydrogen-bond donors (Lipinski definition) is 0. The third kappa shape index (κ3) is 2.04. The number of hydrogen-bond acceptors (Lipinski definition) is 3. The summed E-state index contributed by atoms with van der Waals surface area (Å²) in [5, 5.41) is 0. The van der Waals surface area contributed by atoms with Gasteiger partial charge in [0.15, 0.2) is 0 Å². The van der Waals surface area contributed by atoms with Crippen molar-refractivity contribution in [1.82, 2.24) is 0 Å². The molecule has 1 aromatic carbocycles. The lowest BCUT2D eigenvalue weighted by Gasteiger charge is -2.20. The first-order valence-corrected chi connectivity index (χ1v) is 6.56. The molecule has 1 aliphatic heterocycles. The van der Waals surface area contributed by atoms with Crippen LogP contribution in [-0.4, -0.2) is 20.4 Å². The van der Waals surface area contributed by atoms with E-state index in [0.29, 0.717) is 17.7 Å². The van der Waals surface area contributed by atoms with Crippen molar-refractivity contribution in [3.63, 3.8) is 0 Å². The number of amides is 1. The van der Waals surface area contributed by atoms with Gasteiger partial charge in [0, 0.05) is 18.7 Å². The van der Waals surface area contributed by atoms with E-state index in [4.69, 9.17) is 0 Å². The van der Waals surface area contributed by atoms with Crippen LogP contribution in [0.3, 0.4) is 0 Å². The molecular formula is C11H12FNO3S. The van der Waals surface area contributed by atoms with Gasteiger partial charge in [0.1, 0.15) is 0 Å². The summed E-state index contributed by atoms with van der Waals surface area (Å²) in [6, 6.07) is 3.93. The summed E-state index contributed by atoms with van der Waals surface area (Å²) in [4.78, 5) is 12.7. The molecule has 0 spiro atoms. The maximum Gasteiger partial charge on any atom is 0.332 e. The fraction of sp³-hybridized carbons (Fsp3) is 0.364. The van der Waals surface area contributed by atoms with Gasteiger partial charge in [-0.15, -0.1) is 3.89 Å². The molecule has 4 nitrogen and oxygen atoms in total. The van der Waals surface area contributed by atoms with Gasteiger partial charge in [-0.25, -0.2) is 0 Å². The Labute approximate surface area is 99.3 Å². The van der Waals surface area contributed by atoms with Crippen LogP contribution in [0.25, 0.3) is 0 Å². The summed E-state index contributed by atoms with van der Waals surface area (Å²) < 4.78 is 34.4. The third-order valence-corrected chi connectivity index (χ3v) is 3.70. The van der Waals surface area contributed by atoms with Gasteiger partial charge in [-0.2, -0.15) is 8.42 Å². The lowest BCUT2D eigenvalue weighted by Crippen LogP contribution is -2.33. The number of anilines is 1. The van der Waals surface area contributed by atoms with E-state index in [1.165, 1.54) is 25.1 Å². The van der Waals surface area contributed by atoms with Crippen molar-refractivity contribution in [1.29, 1.82) is 0 Å². The average Bonchev–Trinajstić information content (AvgIpc) is 2.50. The number of benzene rings is 1. The zero-order chi connectivity index (χ0) is 12.8. The van der Waals surface area contributed by atoms with Crippen LogP contribution in [0.4, 0.5) is 9.57 Å². The van der Waals surface area contributed by atoms with E-state index in [0.717, 1.165) is 0 Å². The van der Waals surface area contributed by atoms with Gasteiger partial charge in [-0.05, 0) is 37.1 Å². The highest BCUT2D eigenvalue weighted by Gasteiger charge is 2.30. The molecule has 0 saturated heterocycles. The van der Waals surface area contributed by atoms with E-state index in [2.05, 4.69) is 0 Å². The first kappa shape index (κ1) is 12.0. The molecule has 1 amide bonds. The van der Waals surface area contributed by atoms with E-state index in [1.807, 2.05) is 6.92 Å². The Kier molecular flexibility index (Phi) is 2.69. The van der Waals surface area contributed by atoms with Gasteiger partial charge in [0.05, 0.1) is 4.90 Å². The van der Waals surface area contributed by atoms with Crippen LogP contribution >= 0.6 is 0 Å². The molecule has 0 radical (unpaired) electrons. The van der Waals surface area contributed by atoms with Crippen LogP contribution < -0.4 is 4.90 Å². The number of halogens is 1.